The molecule has 0 radical (unpaired) electrons. The lowest BCUT2D eigenvalue weighted by atomic mass is 10.1. The van der Waals surface area contributed by atoms with Crippen molar-refractivity contribution >= 4 is 21.8 Å². The molecule has 1 N–H and O–H groups in total. The molecule has 0 saturated carbocycles. The molecular weight excluding hydrogens is 323 g/mol. The van der Waals surface area contributed by atoms with E-state index >= 15 is 0 Å². The maximum Gasteiger partial charge on any atom is 0.211 e. The SMILES string of the molecule is CSc1ccc([C@@H](C)NC[C@H]2CCN(S(C)(=O)=O)C2)cc1F. The smallest absolute Gasteiger partial charge is 0.211 e. The summed E-state index contributed by atoms with van der Waals surface area (Å²) in [5, 5.41) is 3.38. The van der Waals surface area contributed by atoms with E-state index in [0.29, 0.717) is 23.9 Å². The van der Waals surface area contributed by atoms with Crippen LogP contribution in [0, 0.1) is 11.7 Å². The third-order valence-corrected chi connectivity index (χ3v) is 6.15. The average molecular weight is 346 g/mol. The van der Waals surface area contributed by atoms with Crippen LogP contribution in [0.15, 0.2) is 23.1 Å². The molecule has 4 nitrogen and oxygen atoms in total. The molecule has 1 fully saturated rings. The fourth-order valence-electron chi connectivity index (χ4n) is 2.68. The Morgan fingerprint density at radius 1 is 1.50 bits per heavy atom. The first-order valence-corrected chi connectivity index (χ1v) is 10.4. The molecule has 1 aromatic carbocycles. The van der Waals surface area contributed by atoms with Gasteiger partial charge < -0.3 is 5.32 Å². The van der Waals surface area contributed by atoms with Crippen LogP contribution in [0.4, 0.5) is 4.39 Å². The summed E-state index contributed by atoms with van der Waals surface area (Å²) in [4.78, 5) is 0.649. The van der Waals surface area contributed by atoms with E-state index in [1.807, 2.05) is 19.2 Å². The van der Waals surface area contributed by atoms with Gasteiger partial charge in [0.1, 0.15) is 5.82 Å². The number of thioether (sulfide) groups is 1. The summed E-state index contributed by atoms with van der Waals surface area (Å²) < 4.78 is 38.3. The molecule has 2 atom stereocenters. The predicted octanol–water partition coefficient (Wildman–Crippen LogP) is 2.48. The Labute approximate surface area is 136 Å². The standard InChI is InChI=1S/C15H23FN2O2S2/c1-11(13-4-5-15(21-2)14(16)8-13)17-9-12-6-7-18(10-12)22(3,19)20/h4-5,8,11-12,17H,6-7,9-10H2,1-3H3/t11-,12-/m1/s1. The fraction of sp³-hybridized carbons (Fsp3) is 0.600. The van der Waals surface area contributed by atoms with Gasteiger partial charge in [0.2, 0.25) is 10.0 Å². The zero-order valence-corrected chi connectivity index (χ0v) is 14.8. The van der Waals surface area contributed by atoms with E-state index in [4.69, 9.17) is 0 Å². The van der Waals surface area contributed by atoms with Crippen LogP contribution in [0.3, 0.4) is 0 Å². The lowest BCUT2D eigenvalue weighted by Gasteiger charge is -2.18. The van der Waals surface area contributed by atoms with E-state index in [2.05, 4.69) is 5.32 Å². The number of rotatable bonds is 6. The summed E-state index contributed by atoms with van der Waals surface area (Å²) in [5.41, 5.74) is 0.910. The third-order valence-electron chi connectivity index (χ3n) is 4.11. The normalized spacial score (nSPS) is 21.2. The summed E-state index contributed by atoms with van der Waals surface area (Å²) in [6.07, 6.45) is 3.97. The molecular formula is C15H23FN2O2S2. The summed E-state index contributed by atoms with van der Waals surface area (Å²) in [7, 11) is -3.09. The summed E-state index contributed by atoms with van der Waals surface area (Å²) >= 11 is 1.39. The molecule has 1 saturated heterocycles. The van der Waals surface area contributed by atoms with Gasteiger partial charge in [0.15, 0.2) is 0 Å². The molecule has 0 bridgehead atoms. The van der Waals surface area contributed by atoms with Crippen LogP contribution in [0.5, 0.6) is 0 Å². The average Bonchev–Trinajstić information content (AvgIpc) is 2.93. The van der Waals surface area contributed by atoms with Crippen molar-refractivity contribution in [2.45, 2.75) is 24.3 Å². The predicted molar refractivity (Wildman–Crippen MR) is 89.1 cm³/mol. The second-order valence-corrected chi connectivity index (χ2v) is 8.63. The molecule has 1 heterocycles. The van der Waals surface area contributed by atoms with Crippen LogP contribution in [0.1, 0.15) is 24.9 Å². The summed E-state index contributed by atoms with van der Waals surface area (Å²) in [6, 6.07) is 5.34. The number of sulfonamides is 1. The number of halogens is 1. The maximum atomic E-state index is 13.8. The van der Waals surface area contributed by atoms with Gasteiger partial charge in [-0.05, 0) is 49.8 Å². The Balaban J connectivity index is 1.88. The van der Waals surface area contributed by atoms with Gasteiger partial charge in [0, 0.05) is 24.0 Å². The molecule has 1 aliphatic rings. The number of nitrogens with zero attached hydrogens (tertiary/aromatic N) is 1. The fourth-order valence-corrected chi connectivity index (χ4v) is 4.05. The molecule has 1 aromatic rings. The lowest BCUT2D eigenvalue weighted by Crippen LogP contribution is -2.31. The van der Waals surface area contributed by atoms with Crippen molar-refractivity contribution in [2.75, 3.05) is 32.1 Å². The van der Waals surface area contributed by atoms with Crippen LogP contribution < -0.4 is 5.32 Å². The first-order chi connectivity index (χ1) is 10.3. The molecule has 7 heteroatoms. The number of hydrogen-bond donors (Lipinski definition) is 1. The Bertz CT molecular complexity index is 622. The van der Waals surface area contributed by atoms with Gasteiger partial charge in [-0.15, -0.1) is 11.8 Å². The molecule has 0 aromatic heterocycles. The molecule has 0 spiro atoms. The van der Waals surface area contributed by atoms with E-state index in [9.17, 15) is 12.8 Å². The summed E-state index contributed by atoms with van der Waals surface area (Å²) in [5.74, 6) is 0.121. The van der Waals surface area contributed by atoms with Crippen LogP contribution in [0.25, 0.3) is 0 Å². The minimum atomic E-state index is -3.09. The highest BCUT2D eigenvalue weighted by atomic mass is 32.2. The highest BCUT2D eigenvalue weighted by Gasteiger charge is 2.28. The molecule has 0 aliphatic carbocycles. The monoisotopic (exact) mass is 346 g/mol. The Kier molecular flexibility index (Phi) is 5.87. The molecule has 0 unspecified atom stereocenters. The highest BCUT2D eigenvalue weighted by Crippen LogP contribution is 2.24. The van der Waals surface area contributed by atoms with E-state index in [0.717, 1.165) is 18.5 Å². The number of benzene rings is 1. The second-order valence-electron chi connectivity index (χ2n) is 5.80. The zero-order valence-electron chi connectivity index (χ0n) is 13.2. The van der Waals surface area contributed by atoms with Crippen molar-refractivity contribution in [2.24, 2.45) is 5.92 Å². The van der Waals surface area contributed by atoms with Gasteiger partial charge in [0.25, 0.3) is 0 Å². The first-order valence-electron chi connectivity index (χ1n) is 7.33. The first kappa shape index (κ1) is 17.7. The van der Waals surface area contributed by atoms with Crippen molar-refractivity contribution in [3.05, 3.63) is 29.6 Å². The minimum absolute atomic E-state index is 0.0395. The van der Waals surface area contributed by atoms with Gasteiger partial charge in [-0.1, -0.05) is 6.07 Å². The summed E-state index contributed by atoms with van der Waals surface area (Å²) in [6.45, 7) is 3.89. The highest BCUT2D eigenvalue weighted by molar-refractivity contribution is 7.98. The van der Waals surface area contributed by atoms with E-state index in [-0.39, 0.29) is 11.9 Å². The third kappa shape index (κ3) is 4.44. The zero-order chi connectivity index (χ0) is 16.3. The van der Waals surface area contributed by atoms with Crippen molar-refractivity contribution < 1.29 is 12.8 Å². The van der Waals surface area contributed by atoms with Crippen LogP contribution in [0.2, 0.25) is 0 Å². The molecule has 0 amide bonds. The van der Waals surface area contributed by atoms with Gasteiger partial charge in [-0.3, -0.25) is 0 Å². The van der Waals surface area contributed by atoms with E-state index in [1.54, 1.807) is 12.1 Å². The Morgan fingerprint density at radius 3 is 2.77 bits per heavy atom. The van der Waals surface area contributed by atoms with Gasteiger partial charge in [-0.25, -0.2) is 17.1 Å². The molecule has 2 rings (SSSR count). The topological polar surface area (TPSA) is 49.4 Å². The van der Waals surface area contributed by atoms with Crippen LogP contribution in [-0.2, 0) is 10.0 Å². The lowest BCUT2D eigenvalue weighted by molar-refractivity contribution is 0.432. The van der Waals surface area contributed by atoms with E-state index in [1.165, 1.54) is 22.3 Å². The number of hydrogen-bond acceptors (Lipinski definition) is 4. The van der Waals surface area contributed by atoms with Crippen LogP contribution in [-0.4, -0.2) is 44.9 Å². The van der Waals surface area contributed by atoms with Gasteiger partial charge >= 0.3 is 0 Å². The Morgan fingerprint density at radius 2 is 2.23 bits per heavy atom. The van der Waals surface area contributed by atoms with E-state index < -0.39 is 10.0 Å². The Hall–Kier alpha value is -0.630. The second kappa shape index (κ2) is 7.29. The largest absolute Gasteiger partial charge is 0.310 e. The van der Waals surface area contributed by atoms with Crippen molar-refractivity contribution in [3.8, 4) is 0 Å². The van der Waals surface area contributed by atoms with Crippen molar-refractivity contribution in [3.63, 3.8) is 0 Å². The maximum absolute atomic E-state index is 13.8. The molecule has 1 aliphatic heterocycles. The molecule has 124 valence electrons. The quantitative estimate of drug-likeness (QED) is 0.804. The minimum Gasteiger partial charge on any atom is -0.310 e. The van der Waals surface area contributed by atoms with Gasteiger partial charge in [0.05, 0.1) is 6.26 Å². The molecule has 22 heavy (non-hydrogen) atoms. The van der Waals surface area contributed by atoms with Gasteiger partial charge in [-0.2, -0.15) is 0 Å². The van der Waals surface area contributed by atoms with Crippen LogP contribution >= 0.6 is 11.8 Å². The van der Waals surface area contributed by atoms with Crippen molar-refractivity contribution in [1.29, 1.82) is 0 Å². The van der Waals surface area contributed by atoms with Crippen molar-refractivity contribution in [1.82, 2.24) is 9.62 Å². The number of nitrogens with one attached hydrogen (secondary N) is 1.